The molecule has 2 saturated heterocycles. The van der Waals surface area contributed by atoms with Crippen LogP contribution in [0.3, 0.4) is 0 Å². The lowest BCUT2D eigenvalue weighted by Gasteiger charge is -2.41. The van der Waals surface area contributed by atoms with Crippen molar-refractivity contribution in [1.29, 1.82) is 0 Å². The summed E-state index contributed by atoms with van der Waals surface area (Å²) in [5.41, 5.74) is -1.52. The minimum absolute atomic E-state index is 0.0292. The number of hydrogen-bond donors (Lipinski definition) is 0. The van der Waals surface area contributed by atoms with Gasteiger partial charge in [0.25, 0.3) is 11.8 Å². The summed E-state index contributed by atoms with van der Waals surface area (Å²) in [6, 6.07) is 10.3. The first kappa shape index (κ1) is 24.1. The fourth-order valence-electron chi connectivity index (χ4n) is 4.67. The zero-order chi connectivity index (χ0) is 24.8. The van der Waals surface area contributed by atoms with E-state index >= 15 is 0 Å². The Labute approximate surface area is 205 Å². The third-order valence-electron chi connectivity index (χ3n) is 7.04. The van der Waals surface area contributed by atoms with E-state index in [4.69, 9.17) is 30.5 Å². The minimum Gasteiger partial charge on any atom is -0.487 e. The summed E-state index contributed by atoms with van der Waals surface area (Å²) in [7, 11) is 1.32. The number of aromatic nitrogens is 1. The Kier molecular flexibility index (Phi) is 6.09. The number of alkyl halides is 3. The zero-order valence-electron chi connectivity index (χ0n) is 18.9. The molecule has 35 heavy (non-hydrogen) atoms. The number of piperidine rings is 1. The number of halogens is 4. The number of rotatable bonds is 6. The Morgan fingerprint density at radius 1 is 1.26 bits per heavy atom. The van der Waals surface area contributed by atoms with Crippen LogP contribution in [0.2, 0.25) is 5.02 Å². The van der Waals surface area contributed by atoms with Crippen molar-refractivity contribution in [1.82, 2.24) is 9.88 Å². The molecule has 3 heterocycles. The molecule has 7 nitrogen and oxygen atoms in total. The number of amides is 1. The fraction of sp³-hybridized carbons (Fsp3) is 0.500. The number of nitrogens with zero attached hydrogens (tertiary/aromatic N) is 2. The summed E-state index contributed by atoms with van der Waals surface area (Å²) in [5, 5.41) is 0.589. The topological polar surface area (TPSA) is 70.1 Å². The third kappa shape index (κ3) is 4.32. The number of hydrogen-bond acceptors (Lipinski definition) is 6. The van der Waals surface area contributed by atoms with Crippen LogP contribution in [0.1, 0.15) is 35.3 Å². The molecule has 2 aliphatic heterocycles. The summed E-state index contributed by atoms with van der Waals surface area (Å²) < 4.78 is 62.0. The Morgan fingerprint density at radius 2 is 2.06 bits per heavy atom. The van der Waals surface area contributed by atoms with Crippen molar-refractivity contribution in [3.05, 3.63) is 52.7 Å². The van der Waals surface area contributed by atoms with Gasteiger partial charge in [0, 0.05) is 18.0 Å². The molecule has 3 aliphatic rings. The lowest BCUT2D eigenvalue weighted by atomic mass is 9.82. The van der Waals surface area contributed by atoms with E-state index in [9.17, 15) is 18.0 Å². The van der Waals surface area contributed by atoms with Crippen LogP contribution in [0, 0.1) is 5.41 Å². The Hall–Kier alpha value is -2.56. The predicted octanol–water partition coefficient (Wildman–Crippen LogP) is 4.58. The summed E-state index contributed by atoms with van der Waals surface area (Å²) in [4.78, 5) is 19.1. The van der Waals surface area contributed by atoms with E-state index in [1.54, 1.807) is 11.0 Å². The van der Waals surface area contributed by atoms with Crippen molar-refractivity contribution < 1.29 is 36.9 Å². The van der Waals surface area contributed by atoms with Gasteiger partial charge in [-0.05, 0) is 42.7 Å². The van der Waals surface area contributed by atoms with Crippen LogP contribution in [0.25, 0.3) is 0 Å². The van der Waals surface area contributed by atoms with Gasteiger partial charge in [-0.2, -0.15) is 13.2 Å². The molecular formula is C24H24ClF3N2O5. The van der Waals surface area contributed by atoms with Crippen molar-refractivity contribution >= 4 is 17.5 Å². The smallest absolute Gasteiger partial charge is 0.397 e. The van der Waals surface area contributed by atoms with Crippen LogP contribution in [-0.2, 0) is 15.1 Å². The molecule has 1 saturated carbocycles. The maximum absolute atomic E-state index is 13.2. The van der Waals surface area contributed by atoms with Crippen molar-refractivity contribution in [3.8, 4) is 11.6 Å². The van der Waals surface area contributed by atoms with Crippen LogP contribution >= 0.6 is 11.6 Å². The second kappa shape index (κ2) is 8.83. The molecule has 2 atom stereocenters. The van der Waals surface area contributed by atoms with Gasteiger partial charge in [0.1, 0.15) is 36.2 Å². The van der Waals surface area contributed by atoms with Crippen molar-refractivity contribution in [2.24, 2.45) is 5.41 Å². The fourth-order valence-corrected chi connectivity index (χ4v) is 4.86. The molecule has 3 fully saturated rings. The number of pyridine rings is 1. The molecule has 11 heteroatoms. The number of ether oxygens (including phenoxy) is 4. The predicted molar refractivity (Wildman–Crippen MR) is 118 cm³/mol. The summed E-state index contributed by atoms with van der Waals surface area (Å²) >= 11 is 6.18. The number of benzene rings is 1. The van der Waals surface area contributed by atoms with Gasteiger partial charge in [0.05, 0.1) is 13.7 Å². The largest absolute Gasteiger partial charge is 0.487 e. The van der Waals surface area contributed by atoms with E-state index in [0.29, 0.717) is 18.0 Å². The first-order valence-corrected chi connectivity index (χ1v) is 11.6. The number of carbonyl (C=O) groups excluding carboxylic acids is 1. The molecule has 0 bridgehead atoms. The summed E-state index contributed by atoms with van der Waals surface area (Å²) in [6.45, 7) is 0.262. The standard InChI is InChI=1S/C24H24ClF3N2O5/c1-32-20-18(33-13-22(7-8-22)24(26,27)28)6-5-17(29-20)21(31)30-10-9-23(19(12-30)34-14-35-23)15-3-2-4-16(25)11-15/h2-6,11,19H,7-10,12-14H2,1H3/t19-,23-/m1/s1. The molecule has 5 rings (SSSR count). The van der Waals surface area contributed by atoms with Gasteiger partial charge >= 0.3 is 6.18 Å². The molecule has 1 aliphatic carbocycles. The lowest BCUT2D eigenvalue weighted by molar-refractivity contribution is -0.194. The normalized spacial score (nSPS) is 25.2. The van der Waals surface area contributed by atoms with Crippen LogP contribution in [0.5, 0.6) is 11.6 Å². The number of likely N-dealkylation sites (tertiary alicyclic amines) is 1. The molecule has 1 aromatic carbocycles. The van der Waals surface area contributed by atoms with E-state index in [1.165, 1.54) is 19.2 Å². The van der Waals surface area contributed by atoms with Crippen molar-refractivity contribution in [2.45, 2.75) is 37.1 Å². The van der Waals surface area contributed by atoms with Crippen LogP contribution in [0.15, 0.2) is 36.4 Å². The molecular weight excluding hydrogens is 489 g/mol. The lowest BCUT2D eigenvalue weighted by Crippen LogP contribution is -2.53. The van der Waals surface area contributed by atoms with E-state index in [1.807, 2.05) is 18.2 Å². The second-order valence-corrected chi connectivity index (χ2v) is 9.53. The third-order valence-corrected chi connectivity index (χ3v) is 7.28. The Bertz CT molecular complexity index is 1130. The Morgan fingerprint density at radius 3 is 2.74 bits per heavy atom. The van der Waals surface area contributed by atoms with Crippen molar-refractivity contribution in [3.63, 3.8) is 0 Å². The van der Waals surface area contributed by atoms with Crippen LogP contribution in [0.4, 0.5) is 13.2 Å². The molecule has 0 spiro atoms. The summed E-state index contributed by atoms with van der Waals surface area (Å²) in [5.74, 6) is -0.329. The monoisotopic (exact) mass is 512 g/mol. The average molecular weight is 513 g/mol. The quantitative estimate of drug-likeness (QED) is 0.564. The highest BCUT2D eigenvalue weighted by Crippen LogP contribution is 2.57. The first-order chi connectivity index (χ1) is 16.7. The molecule has 1 aromatic heterocycles. The van der Waals surface area contributed by atoms with Crippen LogP contribution in [-0.4, -0.2) is 61.7 Å². The van der Waals surface area contributed by atoms with Crippen molar-refractivity contribution in [2.75, 3.05) is 33.6 Å². The molecule has 0 radical (unpaired) electrons. The number of carbonyl (C=O) groups is 1. The first-order valence-electron chi connectivity index (χ1n) is 11.2. The van der Waals surface area contributed by atoms with Gasteiger partial charge in [-0.15, -0.1) is 0 Å². The number of methoxy groups -OCH3 is 1. The van der Waals surface area contributed by atoms with Gasteiger partial charge < -0.3 is 23.8 Å². The minimum atomic E-state index is -4.33. The van der Waals surface area contributed by atoms with E-state index in [2.05, 4.69) is 4.98 Å². The maximum atomic E-state index is 13.2. The van der Waals surface area contributed by atoms with Gasteiger partial charge in [-0.3, -0.25) is 4.79 Å². The second-order valence-electron chi connectivity index (χ2n) is 9.09. The van der Waals surface area contributed by atoms with Gasteiger partial charge in [-0.1, -0.05) is 23.7 Å². The van der Waals surface area contributed by atoms with E-state index in [0.717, 1.165) is 5.56 Å². The van der Waals surface area contributed by atoms with Gasteiger partial charge in [0.15, 0.2) is 5.75 Å². The maximum Gasteiger partial charge on any atom is 0.397 e. The SMILES string of the molecule is COc1nc(C(=O)N2CC[C@]3(c4cccc(Cl)c4)OCO[C@@H]3C2)ccc1OCC1(C(F)(F)F)CC1. The molecule has 2 aromatic rings. The highest BCUT2D eigenvalue weighted by Gasteiger charge is 2.64. The molecule has 0 unspecified atom stereocenters. The van der Waals surface area contributed by atoms with Crippen LogP contribution < -0.4 is 9.47 Å². The molecule has 188 valence electrons. The highest BCUT2D eigenvalue weighted by atomic mass is 35.5. The van der Waals surface area contributed by atoms with E-state index < -0.39 is 23.8 Å². The zero-order valence-corrected chi connectivity index (χ0v) is 19.7. The average Bonchev–Trinajstić information content (AvgIpc) is 3.53. The van der Waals surface area contributed by atoms with Gasteiger partial charge in [-0.25, -0.2) is 4.98 Å². The summed E-state index contributed by atoms with van der Waals surface area (Å²) in [6.07, 6.45) is -4.16. The van der Waals surface area contributed by atoms with Gasteiger partial charge in [0.2, 0.25) is 0 Å². The number of fused-ring (bicyclic) bond motifs is 1. The Balaban J connectivity index is 1.29. The highest BCUT2D eigenvalue weighted by molar-refractivity contribution is 6.30. The van der Waals surface area contributed by atoms with E-state index in [-0.39, 0.29) is 55.5 Å². The molecule has 1 amide bonds. The molecule has 0 N–H and O–H groups in total.